The minimum atomic E-state index is -2.90. The molecule has 14 heavy (non-hydrogen) atoms. The summed E-state index contributed by atoms with van der Waals surface area (Å²) in [4.78, 5) is 0. The first kappa shape index (κ1) is 11.4. The second-order valence-electron chi connectivity index (χ2n) is 2.93. The Hall–Kier alpha value is -0.710. The molecule has 0 atom stereocenters. The van der Waals surface area contributed by atoms with Crippen molar-refractivity contribution in [1.29, 1.82) is 0 Å². The summed E-state index contributed by atoms with van der Waals surface area (Å²) in [6.07, 6.45) is 0. The molecule has 0 heterocycles. The number of hydrogen-bond donors (Lipinski definition) is 0. The van der Waals surface area contributed by atoms with Gasteiger partial charge in [0.05, 0.1) is 4.47 Å². The number of ether oxygens (including phenoxy) is 1. The summed E-state index contributed by atoms with van der Waals surface area (Å²) in [5, 5.41) is 0. The molecule has 1 aromatic carbocycles. The third-order valence-electron chi connectivity index (χ3n) is 1.38. The van der Waals surface area contributed by atoms with Crippen molar-refractivity contribution in [2.24, 2.45) is 0 Å². The van der Waals surface area contributed by atoms with Crippen LogP contribution in [0.15, 0.2) is 22.7 Å². The van der Waals surface area contributed by atoms with E-state index in [1.165, 1.54) is 6.07 Å². The van der Waals surface area contributed by atoms with E-state index in [0.29, 0.717) is 4.47 Å². The van der Waals surface area contributed by atoms with Gasteiger partial charge in [-0.25, -0.2) is 13.2 Å². The predicted molar refractivity (Wildman–Crippen MR) is 50.2 cm³/mol. The highest BCUT2D eigenvalue weighted by molar-refractivity contribution is 9.10. The Labute approximate surface area is 88.0 Å². The summed E-state index contributed by atoms with van der Waals surface area (Å²) < 4.78 is 42.5. The van der Waals surface area contributed by atoms with Crippen molar-refractivity contribution in [2.75, 3.05) is 6.61 Å². The van der Waals surface area contributed by atoms with Crippen LogP contribution >= 0.6 is 15.9 Å². The van der Waals surface area contributed by atoms with Gasteiger partial charge in [0.2, 0.25) is 0 Å². The summed E-state index contributed by atoms with van der Waals surface area (Å²) in [5.41, 5.74) is 0. The Balaban J connectivity index is 2.68. The normalized spacial score (nSPS) is 11.5. The average molecular weight is 269 g/mol. The molecule has 0 spiro atoms. The van der Waals surface area contributed by atoms with E-state index in [4.69, 9.17) is 4.74 Å². The van der Waals surface area contributed by atoms with Crippen LogP contribution in [0.4, 0.5) is 13.2 Å². The van der Waals surface area contributed by atoms with Crippen LogP contribution in [0, 0.1) is 5.82 Å². The van der Waals surface area contributed by atoms with Crippen molar-refractivity contribution >= 4 is 15.9 Å². The molecule has 1 aromatic rings. The lowest BCUT2D eigenvalue weighted by molar-refractivity contribution is -0.0231. The molecule has 0 aliphatic rings. The molecule has 0 radical (unpaired) electrons. The molecule has 0 amide bonds. The number of benzene rings is 1. The summed E-state index contributed by atoms with van der Waals surface area (Å²) in [6.45, 7) is 0.0294. The molecule has 0 aliphatic heterocycles. The zero-order valence-corrected chi connectivity index (χ0v) is 8.95. The molecule has 0 bridgehead atoms. The lowest BCUT2D eigenvalue weighted by atomic mass is 10.3. The Morgan fingerprint density at radius 2 is 2.07 bits per heavy atom. The Bertz CT molecular complexity index is 322. The largest absolute Gasteiger partial charge is 0.486 e. The molecule has 0 saturated carbocycles. The fourth-order valence-electron chi connectivity index (χ4n) is 0.797. The van der Waals surface area contributed by atoms with E-state index in [1.807, 2.05) is 0 Å². The number of rotatable bonds is 3. The maximum absolute atomic E-state index is 12.6. The van der Waals surface area contributed by atoms with E-state index < -0.39 is 18.3 Å². The van der Waals surface area contributed by atoms with Crippen molar-refractivity contribution in [3.63, 3.8) is 0 Å². The van der Waals surface area contributed by atoms with E-state index in [-0.39, 0.29) is 5.75 Å². The van der Waals surface area contributed by atoms with Gasteiger partial charge in [0.15, 0.2) is 6.61 Å². The lowest BCUT2D eigenvalue weighted by Gasteiger charge is -2.12. The van der Waals surface area contributed by atoms with Crippen LogP contribution in [-0.4, -0.2) is 12.5 Å². The molecule has 1 nitrogen and oxygen atoms in total. The molecule has 0 fully saturated rings. The highest BCUT2D eigenvalue weighted by atomic mass is 79.9. The van der Waals surface area contributed by atoms with Crippen LogP contribution in [0.2, 0.25) is 0 Å². The standard InChI is InChI=1S/C9H8BrF3O/c1-9(12,13)5-14-8-3-2-6(11)4-7(8)10/h2-4H,5H2,1H3. The van der Waals surface area contributed by atoms with Crippen LogP contribution in [0.3, 0.4) is 0 Å². The molecule has 5 heteroatoms. The minimum absolute atomic E-state index is 0.202. The first-order valence-corrected chi connectivity index (χ1v) is 4.63. The maximum atomic E-state index is 12.6. The Morgan fingerprint density at radius 3 is 2.57 bits per heavy atom. The van der Waals surface area contributed by atoms with Crippen molar-refractivity contribution in [3.05, 3.63) is 28.5 Å². The van der Waals surface area contributed by atoms with Gasteiger partial charge in [-0.05, 0) is 34.1 Å². The quantitative estimate of drug-likeness (QED) is 0.814. The van der Waals surface area contributed by atoms with Crippen LogP contribution < -0.4 is 4.74 Å². The fraction of sp³-hybridized carbons (Fsp3) is 0.333. The van der Waals surface area contributed by atoms with Crippen LogP contribution in [-0.2, 0) is 0 Å². The molecule has 78 valence electrons. The van der Waals surface area contributed by atoms with Gasteiger partial charge in [-0.2, -0.15) is 0 Å². The van der Waals surface area contributed by atoms with Crippen molar-refractivity contribution < 1.29 is 17.9 Å². The number of halogens is 4. The predicted octanol–water partition coefficient (Wildman–Crippen LogP) is 3.62. The fourth-order valence-corrected chi connectivity index (χ4v) is 1.26. The van der Waals surface area contributed by atoms with Crippen molar-refractivity contribution in [1.82, 2.24) is 0 Å². The molecule has 0 aromatic heterocycles. The van der Waals surface area contributed by atoms with Crippen LogP contribution in [0.1, 0.15) is 6.92 Å². The van der Waals surface area contributed by atoms with Crippen molar-refractivity contribution in [3.8, 4) is 5.75 Å². The third-order valence-corrected chi connectivity index (χ3v) is 1.99. The van der Waals surface area contributed by atoms with E-state index in [2.05, 4.69) is 15.9 Å². The van der Waals surface area contributed by atoms with Crippen molar-refractivity contribution in [2.45, 2.75) is 12.8 Å². The van der Waals surface area contributed by atoms with Gasteiger partial charge in [-0.15, -0.1) is 0 Å². The van der Waals surface area contributed by atoms with Gasteiger partial charge < -0.3 is 4.74 Å². The van der Waals surface area contributed by atoms with Gasteiger partial charge in [0, 0.05) is 6.92 Å². The smallest absolute Gasteiger partial charge is 0.278 e. The molecule has 0 saturated heterocycles. The molecule has 1 rings (SSSR count). The van der Waals surface area contributed by atoms with Gasteiger partial charge in [0.1, 0.15) is 11.6 Å². The number of alkyl halides is 2. The van der Waals surface area contributed by atoms with Gasteiger partial charge >= 0.3 is 0 Å². The SMILES string of the molecule is CC(F)(F)COc1ccc(F)cc1Br. The highest BCUT2D eigenvalue weighted by Crippen LogP contribution is 2.26. The van der Waals surface area contributed by atoms with E-state index >= 15 is 0 Å². The molecule has 0 aliphatic carbocycles. The average Bonchev–Trinajstić information content (AvgIpc) is 2.00. The Kier molecular flexibility index (Phi) is 3.42. The minimum Gasteiger partial charge on any atom is -0.486 e. The second kappa shape index (κ2) is 4.21. The van der Waals surface area contributed by atoms with Gasteiger partial charge in [-0.1, -0.05) is 0 Å². The van der Waals surface area contributed by atoms with Gasteiger partial charge in [-0.3, -0.25) is 0 Å². The summed E-state index contributed by atoms with van der Waals surface area (Å²) in [7, 11) is 0. The second-order valence-corrected chi connectivity index (χ2v) is 3.79. The monoisotopic (exact) mass is 268 g/mol. The molecular formula is C9H8BrF3O. The van der Waals surface area contributed by atoms with E-state index in [9.17, 15) is 13.2 Å². The zero-order chi connectivity index (χ0) is 10.8. The lowest BCUT2D eigenvalue weighted by Crippen LogP contribution is -2.21. The zero-order valence-electron chi connectivity index (χ0n) is 7.36. The highest BCUT2D eigenvalue weighted by Gasteiger charge is 2.22. The summed E-state index contributed by atoms with van der Waals surface area (Å²) in [6, 6.07) is 3.60. The summed E-state index contributed by atoms with van der Waals surface area (Å²) >= 11 is 3.00. The first-order valence-electron chi connectivity index (χ1n) is 3.84. The third kappa shape index (κ3) is 3.57. The van der Waals surface area contributed by atoms with Crippen LogP contribution in [0.5, 0.6) is 5.75 Å². The van der Waals surface area contributed by atoms with Crippen LogP contribution in [0.25, 0.3) is 0 Å². The molecule has 0 unspecified atom stereocenters. The maximum Gasteiger partial charge on any atom is 0.278 e. The summed E-state index contributed by atoms with van der Waals surface area (Å²) in [5.74, 6) is -3.14. The number of hydrogen-bond acceptors (Lipinski definition) is 1. The molecular weight excluding hydrogens is 261 g/mol. The Morgan fingerprint density at radius 1 is 1.43 bits per heavy atom. The topological polar surface area (TPSA) is 9.23 Å². The van der Waals surface area contributed by atoms with E-state index in [0.717, 1.165) is 19.1 Å². The van der Waals surface area contributed by atoms with E-state index in [1.54, 1.807) is 0 Å². The molecule has 0 N–H and O–H groups in total. The van der Waals surface area contributed by atoms with Gasteiger partial charge in [0.25, 0.3) is 5.92 Å². The first-order chi connectivity index (χ1) is 6.38.